The lowest BCUT2D eigenvalue weighted by Gasteiger charge is -2.31. The summed E-state index contributed by atoms with van der Waals surface area (Å²) >= 11 is 0. The highest BCUT2D eigenvalue weighted by Crippen LogP contribution is 2.21. The third-order valence-corrected chi connectivity index (χ3v) is 4.23. The fourth-order valence-corrected chi connectivity index (χ4v) is 2.96. The number of hydrogen-bond acceptors (Lipinski definition) is 4. The molecule has 0 aromatic carbocycles. The Bertz CT molecular complexity index is 630. The lowest BCUT2D eigenvalue weighted by atomic mass is 9.93. The van der Waals surface area contributed by atoms with Crippen LogP contribution in [-0.4, -0.2) is 43.3 Å². The molecule has 2 aromatic rings. The van der Waals surface area contributed by atoms with Gasteiger partial charge in [-0.1, -0.05) is 0 Å². The summed E-state index contributed by atoms with van der Waals surface area (Å²) in [5, 5.41) is 0. The van der Waals surface area contributed by atoms with Crippen molar-refractivity contribution in [2.45, 2.75) is 26.3 Å². The molecule has 112 valence electrons. The number of aryl methyl sites for hydroxylation is 2. The number of Topliss-reactive ketones (excluding diaryl/α,β-unsaturated/α-hetero) is 1. The predicted octanol–water partition coefficient (Wildman–Crippen LogP) is 1.55. The van der Waals surface area contributed by atoms with Gasteiger partial charge in [0.05, 0.1) is 12.0 Å². The van der Waals surface area contributed by atoms with Crippen LogP contribution in [0, 0.1) is 12.8 Å². The van der Waals surface area contributed by atoms with Gasteiger partial charge in [0.1, 0.15) is 0 Å². The maximum absolute atomic E-state index is 12.6. The molecule has 1 fully saturated rings. The summed E-state index contributed by atoms with van der Waals surface area (Å²) in [6.07, 6.45) is 7.22. The Balaban J connectivity index is 1.67. The number of aromatic nitrogens is 4. The van der Waals surface area contributed by atoms with Crippen molar-refractivity contribution < 1.29 is 4.79 Å². The largest absolute Gasteiger partial charge is 0.348 e. The molecule has 0 radical (unpaired) electrons. The first-order valence-electron chi connectivity index (χ1n) is 7.38. The van der Waals surface area contributed by atoms with Crippen LogP contribution in [0.25, 0.3) is 0 Å². The van der Waals surface area contributed by atoms with Gasteiger partial charge < -0.3 is 9.55 Å². The van der Waals surface area contributed by atoms with Crippen LogP contribution in [0.1, 0.15) is 34.8 Å². The van der Waals surface area contributed by atoms with Crippen LogP contribution in [0.15, 0.2) is 18.7 Å². The molecule has 6 nitrogen and oxygen atoms in total. The molecule has 0 unspecified atom stereocenters. The molecular formula is C15H21N5O. The minimum atomic E-state index is 0.0408. The summed E-state index contributed by atoms with van der Waals surface area (Å²) in [4.78, 5) is 26.5. The van der Waals surface area contributed by atoms with Gasteiger partial charge in [-0.2, -0.15) is 0 Å². The van der Waals surface area contributed by atoms with Crippen molar-refractivity contribution in [3.63, 3.8) is 0 Å². The van der Waals surface area contributed by atoms with Crippen molar-refractivity contribution in [1.82, 2.24) is 24.4 Å². The number of carbonyl (C=O) groups is 1. The molecule has 1 N–H and O–H groups in total. The highest BCUT2D eigenvalue weighted by Gasteiger charge is 2.29. The average Bonchev–Trinajstić information content (AvgIpc) is 3.08. The molecule has 0 aliphatic carbocycles. The van der Waals surface area contributed by atoms with Crippen LogP contribution >= 0.6 is 0 Å². The van der Waals surface area contributed by atoms with E-state index in [-0.39, 0.29) is 11.7 Å². The molecule has 1 aliphatic heterocycles. The van der Waals surface area contributed by atoms with Gasteiger partial charge in [0, 0.05) is 44.1 Å². The first kappa shape index (κ1) is 14.0. The van der Waals surface area contributed by atoms with Crippen LogP contribution < -0.4 is 0 Å². The van der Waals surface area contributed by atoms with Crippen molar-refractivity contribution >= 4 is 5.78 Å². The number of likely N-dealkylation sites (tertiary alicyclic amines) is 1. The molecule has 3 heterocycles. The Hall–Kier alpha value is -1.95. The molecule has 6 heteroatoms. The molecule has 1 aliphatic rings. The van der Waals surface area contributed by atoms with Gasteiger partial charge in [-0.05, 0) is 26.3 Å². The summed E-state index contributed by atoms with van der Waals surface area (Å²) < 4.78 is 1.80. The van der Waals surface area contributed by atoms with E-state index in [1.165, 1.54) is 0 Å². The third-order valence-electron chi connectivity index (χ3n) is 4.23. The monoisotopic (exact) mass is 287 g/mol. The first-order chi connectivity index (χ1) is 10.1. The smallest absolute Gasteiger partial charge is 0.202 e. The molecular weight excluding hydrogens is 266 g/mol. The molecule has 0 amide bonds. The van der Waals surface area contributed by atoms with E-state index in [4.69, 9.17) is 0 Å². The second-order valence-corrected chi connectivity index (χ2v) is 5.77. The molecule has 2 aromatic heterocycles. The van der Waals surface area contributed by atoms with Crippen molar-refractivity contribution in [3.05, 3.63) is 35.9 Å². The Morgan fingerprint density at radius 3 is 3.00 bits per heavy atom. The fourth-order valence-electron chi connectivity index (χ4n) is 2.96. The number of imidazole rings is 2. The van der Waals surface area contributed by atoms with Crippen molar-refractivity contribution in [1.29, 1.82) is 0 Å². The van der Waals surface area contributed by atoms with Gasteiger partial charge in [0.25, 0.3) is 0 Å². The maximum atomic E-state index is 12.6. The molecule has 1 saturated heterocycles. The molecule has 3 rings (SSSR count). The van der Waals surface area contributed by atoms with E-state index in [9.17, 15) is 4.79 Å². The number of hydrogen-bond donors (Lipinski definition) is 1. The van der Waals surface area contributed by atoms with E-state index in [0.717, 1.165) is 43.9 Å². The van der Waals surface area contributed by atoms with Gasteiger partial charge in [0.2, 0.25) is 5.78 Å². The van der Waals surface area contributed by atoms with Crippen LogP contribution in [-0.2, 0) is 13.6 Å². The lowest BCUT2D eigenvalue weighted by molar-refractivity contribution is 0.0796. The Morgan fingerprint density at radius 1 is 1.48 bits per heavy atom. The molecule has 0 saturated carbocycles. The predicted molar refractivity (Wildman–Crippen MR) is 78.9 cm³/mol. The summed E-state index contributed by atoms with van der Waals surface area (Å²) in [7, 11) is 1.87. The number of nitrogens with zero attached hydrogens (tertiary/aromatic N) is 4. The SMILES string of the molecule is Cc1[nH]cnc1CN1CCC[C@H](C(=O)c2nccn2C)C1. The minimum absolute atomic E-state index is 0.0408. The van der Waals surface area contributed by atoms with E-state index in [1.807, 2.05) is 20.2 Å². The lowest BCUT2D eigenvalue weighted by Crippen LogP contribution is -2.39. The van der Waals surface area contributed by atoms with E-state index in [2.05, 4.69) is 19.9 Å². The molecule has 1 atom stereocenters. The van der Waals surface area contributed by atoms with Gasteiger partial charge in [-0.3, -0.25) is 9.69 Å². The number of carbonyl (C=O) groups excluding carboxylic acids is 1. The highest BCUT2D eigenvalue weighted by molar-refractivity contribution is 5.94. The number of rotatable bonds is 4. The standard InChI is InChI=1S/C15H21N5O/c1-11-13(18-10-17-11)9-20-6-3-4-12(8-20)14(21)15-16-5-7-19(15)2/h5,7,10,12H,3-4,6,8-9H2,1-2H3,(H,17,18)/t12-/m0/s1. The zero-order chi connectivity index (χ0) is 14.8. The van der Waals surface area contributed by atoms with E-state index < -0.39 is 0 Å². The second-order valence-electron chi connectivity index (χ2n) is 5.77. The van der Waals surface area contributed by atoms with Gasteiger partial charge in [0.15, 0.2) is 5.82 Å². The third kappa shape index (κ3) is 2.90. The van der Waals surface area contributed by atoms with Crippen LogP contribution in [0.2, 0.25) is 0 Å². The van der Waals surface area contributed by atoms with E-state index in [1.54, 1.807) is 17.1 Å². The maximum Gasteiger partial charge on any atom is 0.202 e. The number of ketones is 1. The van der Waals surface area contributed by atoms with E-state index >= 15 is 0 Å². The van der Waals surface area contributed by atoms with Gasteiger partial charge >= 0.3 is 0 Å². The van der Waals surface area contributed by atoms with Crippen molar-refractivity contribution in [3.8, 4) is 0 Å². The number of piperidine rings is 1. The summed E-state index contributed by atoms with van der Waals surface area (Å²) in [6.45, 7) is 4.65. The highest BCUT2D eigenvalue weighted by atomic mass is 16.1. The van der Waals surface area contributed by atoms with E-state index in [0.29, 0.717) is 5.82 Å². The average molecular weight is 287 g/mol. The normalized spacial score (nSPS) is 19.8. The number of aromatic amines is 1. The number of nitrogens with one attached hydrogen (secondary N) is 1. The van der Waals surface area contributed by atoms with Crippen LogP contribution in [0.4, 0.5) is 0 Å². The number of H-pyrrole nitrogens is 1. The van der Waals surface area contributed by atoms with Crippen molar-refractivity contribution in [2.75, 3.05) is 13.1 Å². The summed E-state index contributed by atoms with van der Waals surface area (Å²) in [6, 6.07) is 0. The minimum Gasteiger partial charge on any atom is -0.348 e. The Morgan fingerprint density at radius 2 is 2.33 bits per heavy atom. The van der Waals surface area contributed by atoms with Gasteiger partial charge in [-0.25, -0.2) is 9.97 Å². The fraction of sp³-hybridized carbons (Fsp3) is 0.533. The van der Waals surface area contributed by atoms with Crippen LogP contribution in [0.5, 0.6) is 0 Å². The van der Waals surface area contributed by atoms with Crippen molar-refractivity contribution in [2.24, 2.45) is 13.0 Å². The van der Waals surface area contributed by atoms with Crippen LogP contribution in [0.3, 0.4) is 0 Å². The Kier molecular flexibility index (Phi) is 3.88. The topological polar surface area (TPSA) is 66.8 Å². The summed E-state index contributed by atoms with van der Waals surface area (Å²) in [5.41, 5.74) is 2.17. The zero-order valence-corrected chi connectivity index (χ0v) is 12.5. The molecule has 0 spiro atoms. The zero-order valence-electron chi connectivity index (χ0n) is 12.5. The van der Waals surface area contributed by atoms with Gasteiger partial charge in [-0.15, -0.1) is 0 Å². The molecule has 0 bridgehead atoms. The second kappa shape index (κ2) is 5.81. The first-order valence-corrected chi connectivity index (χ1v) is 7.38. The Labute approximate surface area is 124 Å². The molecule has 21 heavy (non-hydrogen) atoms. The summed E-state index contributed by atoms with van der Waals surface area (Å²) in [5.74, 6) is 0.767. The quantitative estimate of drug-likeness (QED) is 0.866.